The van der Waals surface area contributed by atoms with Crippen LogP contribution in [-0.4, -0.2) is 76.5 Å². The second-order valence-corrected chi connectivity index (χ2v) is 10.7. The SMILES string of the molecule is CNS(=O)(=O)c1ccc2oc(C(=O)NCC3(N4CCN(C)CC4)CCCCC3)cc2c1. The summed E-state index contributed by atoms with van der Waals surface area (Å²) >= 11 is 0. The number of benzene rings is 1. The van der Waals surface area contributed by atoms with E-state index in [1.807, 2.05) is 0 Å². The maximum absolute atomic E-state index is 12.9. The minimum absolute atomic E-state index is 0.00916. The van der Waals surface area contributed by atoms with Crippen LogP contribution < -0.4 is 10.0 Å². The molecule has 2 heterocycles. The summed E-state index contributed by atoms with van der Waals surface area (Å²) in [6, 6.07) is 6.20. The van der Waals surface area contributed by atoms with E-state index in [1.54, 1.807) is 12.1 Å². The summed E-state index contributed by atoms with van der Waals surface area (Å²) in [4.78, 5) is 18.0. The number of carbonyl (C=O) groups is 1. The lowest BCUT2D eigenvalue weighted by Crippen LogP contribution is -2.61. The molecule has 0 atom stereocenters. The smallest absolute Gasteiger partial charge is 0.287 e. The van der Waals surface area contributed by atoms with E-state index in [2.05, 4.69) is 26.9 Å². The van der Waals surface area contributed by atoms with E-state index in [-0.39, 0.29) is 22.1 Å². The fraction of sp³-hybridized carbons (Fsp3) is 0.591. The summed E-state index contributed by atoms with van der Waals surface area (Å²) in [5.74, 6) is -0.0494. The number of amides is 1. The third-order valence-corrected chi connectivity index (χ3v) is 8.24. The summed E-state index contributed by atoms with van der Waals surface area (Å²) in [6.45, 7) is 4.76. The molecule has 4 rings (SSSR count). The molecule has 1 amide bonds. The van der Waals surface area contributed by atoms with E-state index >= 15 is 0 Å². The van der Waals surface area contributed by atoms with Crippen molar-refractivity contribution in [1.29, 1.82) is 0 Å². The summed E-state index contributed by atoms with van der Waals surface area (Å²) in [6.07, 6.45) is 5.83. The molecule has 170 valence electrons. The van der Waals surface area contributed by atoms with E-state index in [4.69, 9.17) is 4.42 Å². The van der Waals surface area contributed by atoms with Crippen molar-refractivity contribution in [2.45, 2.75) is 42.5 Å². The van der Waals surface area contributed by atoms with Gasteiger partial charge >= 0.3 is 0 Å². The number of fused-ring (bicyclic) bond motifs is 1. The molecular formula is C22H32N4O4S. The van der Waals surface area contributed by atoms with Crippen LogP contribution >= 0.6 is 0 Å². The van der Waals surface area contributed by atoms with Gasteiger partial charge in [0.25, 0.3) is 5.91 Å². The van der Waals surface area contributed by atoms with E-state index < -0.39 is 10.0 Å². The number of piperazine rings is 1. The lowest BCUT2D eigenvalue weighted by molar-refractivity contribution is 0.0137. The van der Waals surface area contributed by atoms with Crippen molar-refractivity contribution in [1.82, 2.24) is 19.8 Å². The van der Waals surface area contributed by atoms with Crippen LogP contribution in [0, 0.1) is 0 Å². The monoisotopic (exact) mass is 448 g/mol. The third kappa shape index (κ3) is 4.64. The van der Waals surface area contributed by atoms with Crippen molar-refractivity contribution in [3.63, 3.8) is 0 Å². The first-order chi connectivity index (χ1) is 14.8. The largest absolute Gasteiger partial charge is 0.451 e. The van der Waals surface area contributed by atoms with Gasteiger partial charge in [-0.1, -0.05) is 19.3 Å². The Hall–Kier alpha value is -1.94. The van der Waals surface area contributed by atoms with Gasteiger partial charge in [0.1, 0.15) is 5.58 Å². The molecule has 31 heavy (non-hydrogen) atoms. The van der Waals surface area contributed by atoms with Crippen molar-refractivity contribution < 1.29 is 17.6 Å². The quantitative estimate of drug-likeness (QED) is 0.702. The second-order valence-electron chi connectivity index (χ2n) is 8.78. The molecule has 2 N–H and O–H groups in total. The van der Waals surface area contributed by atoms with Crippen molar-refractivity contribution >= 4 is 26.9 Å². The third-order valence-electron chi connectivity index (χ3n) is 6.83. The molecule has 1 aromatic carbocycles. The summed E-state index contributed by atoms with van der Waals surface area (Å²) in [7, 11) is -0.0266. The average molecular weight is 449 g/mol. The lowest BCUT2D eigenvalue weighted by Gasteiger charge is -2.49. The molecule has 0 unspecified atom stereocenters. The first-order valence-electron chi connectivity index (χ1n) is 11.0. The normalized spacial score (nSPS) is 20.7. The number of hydrogen-bond acceptors (Lipinski definition) is 6. The van der Waals surface area contributed by atoms with Gasteiger partial charge in [-0.25, -0.2) is 13.1 Å². The zero-order valence-corrected chi connectivity index (χ0v) is 19.1. The van der Waals surface area contributed by atoms with Crippen molar-refractivity contribution in [2.24, 2.45) is 0 Å². The van der Waals surface area contributed by atoms with Gasteiger partial charge in [0.2, 0.25) is 10.0 Å². The maximum atomic E-state index is 12.9. The molecule has 1 saturated carbocycles. The zero-order valence-electron chi connectivity index (χ0n) is 18.3. The molecule has 0 radical (unpaired) electrons. The molecule has 8 nitrogen and oxygen atoms in total. The molecular weight excluding hydrogens is 416 g/mol. The first-order valence-corrected chi connectivity index (χ1v) is 12.5. The van der Waals surface area contributed by atoms with Crippen LogP contribution in [0.5, 0.6) is 0 Å². The maximum Gasteiger partial charge on any atom is 0.287 e. The van der Waals surface area contributed by atoms with Gasteiger partial charge in [-0.05, 0) is 51.2 Å². The van der Waals surface area contributed by atoms with Crippen LogP contribution in [0.2, 0.25) is 0 Å². The lowest BCUT2D eigenvalue weighted by atomic mass is 9.79. The van der Waals surface area contributed by atoms with Crippen LogP contribution in [-0.2, 0) is 10.0 Å². The highest BCUT2D eigenvalue weighted by Crippen LogP contribution is 2.34. The Morgan fingerprint density at radius 1 is 1.10 bits per heavy atom. The molecule has 2 aliphatic rings. The number of nitrogens with one attached hydrogen (secondary N) is 2. The number of furan rings is 1. The van der Waals surface area contributed by atoms with Gasteiger partial charge in [-0.2, -0.15) is 0 Å². The Labute approximate surface area is 184 Å². The van der Waals surface area contributed by atoms with Gasteiger partial charge in [0.05, 0.1) is 4.90 Å². The van der Waals surface area contributed by atoms with Gasteiger partial charge in [-0.3, -0.25) is 9.69 Å². The van der Waals surface area contributed by atoms with Gasteiger partial charge in [0, 0.05) is 43.6 Å². The van der Waals surface area contributed by atoms with E-state index in [1.165, 1.54) is 38.4 Å². The van der Waals surface area contributed by atoms with Gasteiger partial charge < -0.3 is 14.6 Å². The van der Waals surface area contributed by atoms with E-state index in [9.17, 15) is 13.2 Å². The molecule has 0 spiro atoms. The highest BCUT2D eigenvalue weighted by molar-refractivity contribution is 7.89. The van der Waals surface area contributed by atoms with Crippen LogP contribution in [0.3, 0.4) is 0 Å². The van der Waals surface area contributed by atoms with Gasteiger partial charge in [0.15, 0.2) is 5.76 Å². The fourth-order valence-electron chi connectivity index (χ4n) is 4.85. The molecule has 1 aliphatic carbocycles. The Balaban J connectivity index is 1.49. The zero-order chi connectivity index (χ0) is 22.1. The van der Waals surface area contributed by atoms with Crippen LogP contribution in [0.1, 0.15) is 42.7 Å². The van der Waals surface area contributed by atoms with Gasteiger partial charge in [-0.15, -0.1) is 0 Å². The Kier molecular flexibility index (Phi) is 6.39. The Bertz CT molecular complexity index is 1030. The Morgan fingerprint density at radius 3 is 2.48 bits per heavy atom. The first kappa shape index (κ1) is 22.3. The number of hydrogen-bond donors (Lipinski definition) is 2. The second kappa shape index (κ2) is 8.90. The topological polar surface area (TPSA) is 94.9 Å². The number of nitrogens with zero attached hydrogens (tertiary/aromatic N) is 2. The molecule has 2 fully saturated rings. The van der Waals surface area contributed by atoms with Crippen molar-refractivity contribution in [3.05, 3.63) is 30.0 Å². The number of likely N-dealkylation sites (N-methyl/N-ethyl adjacent to an activating group) is 1. The Morgan fingerprint density at radius 2 is 1.81 bits per heavy atom. The number of sulfonamides is 1. The minimum Gasteiger partial charge on any atom is -0.451 e. The van der Waals surface area contributed by atoms with Crippen molar-refractivity contribution in [3.8, 4) is 0 Å². The summed E-state index contributed by atoms with van der Waals surface area (Å²) in [5, 5.41) is 3.71. The highest BCUT2D eigenvalue weighted by Gasteiger charge is 2.39. The number of rotatable bonds is 6. The van der Waals surface area contributed by atoms with Crippen LogP contribution in [0.15, 0.2) is 33.6 Å². The van der Waals surface area contributed by atoms with E-state index in [0.29, 0.717) is 17.5 Å². The molecule has 1 aromatic heterocycles. The van der Waals surface area contributed by atoms with Crippen molar-refractivity contribution in [2.75, 3.05) is 46.8 Å². The summed E-state index contributed by atoms with van der Waals surface area (Å²) in [5.41, 5.74) is 0.501. The predicted molar refractivity (Wildman–Crippen MR) is 120 cm³/mol. The van der Waals surface area contributed by atoms with E-state index in [0.717, 1.165) is 39.0 Å². The molecule has 2 aromatic rings. The standard InChI is InChI=1S/C22H32N4O4S/c1-23-31(28,29)18-6-7-19-17(14-18)15-20(30-19)21(27)24-16-22(8-4-3-5-9-22)26-12-10-25(2)11-13-26/h6-7,14-15,23H,3-5,8-13,16H2,1-2H3,(H,24,27). The predicted octanol–water partition coefficient (Wildman–Crippen LogP) is 2.02. The minimum atomic E-state index is -3.55. The van der Waals surface area contributed by atoms with Crippen LogP contribution in [0.4, 0.5) is 0 Å². The summed E-state index contributed by atoms with van der Waals surface area (Å²) < 4.78 is 32.1. The molecule has 1 saturated heterocycles. The molecule has 0 bridgehead atoms. The molecule has 1 aliphatic heterocycles. The number of carbonyl (C=O) groups excluding carboxylic acids is 1. The van der Waals surface area contributed by atoms with Crippen LogP contribution in [0.25, 0.3) is 11.0 Å². The molecule has 9 heteroatoms. The average Bonchev–Trinajstić information content (AvgIpc) is 3.22. The highest BCUT2D eigenvalue weighted by atomic mass is 32.2. The fourth-order valence-corrected chi connectivity index (χ4v) is 5.61.